The number of ketones is 1. The number of carbonyl (C=O) groups is 2. The zero-order valence-corrected chi connectivity index (χ0v) is 15.3. The second-order valence-corrected chi connectivity index (χ2v) is 6.47. The average molecular weight is 353 g/mol. The summed E-state index contributed by atoms with van der Waals surface area (Å²) in [6.45, 7) is 3.54. The van der Waals surface area contributed by atoms with Crippen LogP contribution < -0.4 is 5.73 Å². The maximum atomic E-state index is 12.2. The molecule has 134 valence electrons. The Morgan fingerprint density at radius 3 is 2.46 bits per heavy atom. The summed E-state index contributed by atoms with van der Waals surface area (Å²) >= 11 is 0. The molecule has 5 heteroatoms. The molecule has 0 aliphatic carbocycles. The number of aryl methyl sites for hydroxylation is 1. The zero-order valence-electron chi connectivity index (χ0n) is 14.5. The molecule has 0 aromatic heterocycles. The van der Waals surface area contributed by atoms with Crippen molar-refractivity contribution < 1.29 is 9.59 Å². The maximum absolute atomic E-state index is 12.2. The van der Waals surface area contributed by atoms with Crippen LogP contribution in [0.2, 0.25) is 0 Å². The molecule has 1 aliphatic rings. The highest BCUT2D eigenvalue weighted by atomic mass is 35.5. The SMILES string of the molecule is CCCCCc1ccc(C(=O)CCC(=O)N2CC[C@@H](N)C2)cc1.Cl. The molecule has 1 heterocycles. The molecule has 2 rings (SSSR count). The Labute approximate surface area is 151 Å². The van der Waals surface area contributed by atoms with Gasteiger partial charge < -0.3 is 10.6 Å². The molecular weight excluding hydrogens is 324 g/mol. The number of likely N-dealkylation sites (tertiary alicyclic amines) is 1. The molecule has 4 nitrogen and oxygen atoms in total. The van der Waals surface area contributed by atoms with E-state index in [1.54, 1.807) is 4.90 Å². The van der Waals surface area contributed by atoms with Crippen molar-refractivity contribution in [3.8, 4) is 0 Å². The summed E-state index contributed by atoms with van der Waals surface area (Å²) in [7, 11) is 0. The molecule has 0 radical (unpaired) electrons. The van der Waals surface area contributed by atoms with E-state index in [0.717, 1.165) is 19.4 Å². The molecule has 0 spiro atoms. The van der Waals surface area contributed by atoms with Gasteiger partial charge in [-0.3, -0.25) is 9.59 Å². The fraction of sp³-hybridized carbons (Fsp3) is 0.579. The third kappa shape index (κ3) is 6.25. The molecule has 0 saturated carbocycles. The van der Waals surface area contributed by atoms with Crippen LogP contribution in [0.15, 0.2) is 24.3 Å². The first-order valence-corrected chi connectivity index (χ1v) is 8.75. The van der Waals surface area contributed by atoms with Crippen molar-refractivity contribution in [1.29, 1.82) is 0 Å². The number of Topliss-reactive ketones (excluding diaryl/α,β-unsaturated/α-hetero) is 1. The summed E-state index contributed by atoms with van der Waals surface area (Å²) in [5.74, 6) is 0.0874. The minimum atomic E-state index is 0. The summed E-state index contributed by atoms with van der Waals surface area (Å²) in [6, 6.07) is 7.93. The topological polar surface area (TPSA) is 63.4 Å². The second-order valence-electron chi connectivity index (χ2n) is 6.47. The van der Waals surface area contributed by atoms with Crippen LogP contribution in [-0.2, 0) is 11.2 Å². The first kappa shape index (κ1) is 20.7. The Morgan fingerprint density at radius 2 is 1.88 bits per heavy atom. The first-order chi connectivity index (χ1) is 11.1. The Bertz CT molecular complexity index is 531. The fourth-order valence-electron chi connectivity index (χ4n) is 2.97. The van der Waals surface area contributed by atoms with E-state index >= 15 is 0 Å². The summed E-state index contributed by atoms with van der Waals surface area (Å²) in [5.41, 5.74) is 7.79. The highest BCUT2D eigenvalue weighted by Gasteiger charge is 2.23. The van der Waals surface area contributed by atoms with E-state index in [1.165, 1.54) is 24.8 Å². The minimum absolute atomic E-state index is 0. The lowest BCUT2D eigenvalue weighted by Gasteiger charge is -2.15. The van der Waals surface area contributed by atoms with Gasteiger partial charge in [-0.1, -0.05) is 44.0 Å². The standard InChI is InChI=1S/C19H28N2O2.ClH/c1-2-3-4-5-15-6-8-16(9-7-15)18(22)10-11-19(23)21-13-12-17(20)14-21;/h6-9,17H,2-5,10-14,20H2,1H3;1H/t17-;/m1./s1. The number of carbonyl (C=O) groups excluding carboxylic acids is 2. The quantitative estimate of drug-likeness (QED) is 0.576. The number of amides is 1. The zero-order chi connectivity index (χ0) is 16.7. The molecule has 0 bridgehead atoms. The highest BCUT2D eigenvalue weighted by molar-refractivity contribution is 5.98. The normalized spacial score (nSPS) is 16.8. The van der Waals surface area contributed by atoms with Crippen LogP contribution in [0.25, 0.3) is 0 Å². The number of nitrogens with zero attached hydrogens (tertiary/aromatic N) is 1. The van der Waals surface area contributed by atoms with Crippen LogP contribution in [0.5, 0.6) is 0 Å². The smallest absolute Gasteiger partial charge is 0.223 e. The predicted octanol–water partition coefficient (Wildman–Crippen LogP) is 3.36. The van der Waals surface area contributed by atoms with Crippen molar-refractivity contribution in [2.45, 2.75) is 57.9 Å². The van der Waals surface area contributed by atoms with Crippen molar-refractivity contribution >= 4 is 24.1 Å². The molecule has 1 fully saturated rings. The van der Waals surface area contributed by atoms with E-state index in [1.807, 2.05) is 24.3 Å². The van der Waals surface area contributed by atoms with Gasteiger partial charge in [0.05, 0.1) is 0 Å². The number of hydrogen-bond acceptors (Lipinski definition) is 3. The molecule has 24 heavy (non-hydrogen) atoms. The van der Waals surface area contributed by atoms with Crippen LogP contribution in [0.4, 0.5) is 0 Å². The molecule has 1 aromatic carbocycles. The molecule has 1 amide bonds. The van der Waals surface area contributed by atoms with Crippen molar-refractivity contribution in [3.05, 3.63) is 35.4 Å². The van der Waals surface area contributed by atoms with Gasteiger partial charge in [-0.25, -0.2) is 0 Å². The van der Waals surface area contributed by atoms with Crippen LogP contribution in [0.3, 0.4) is 0 Å². The summed E-state index contributed by atoms with van der Waals surface area (Å²) in [6.07, 6.45) is 6.13. The van der Waals surface area contributed by atoms with Gasteiger partial charge in [0.1, 0.15) is 0 Å². The monoisotopic (exact) mass is 352 g/mol. The van der Waals surface area contributed by atoms with E-state index in [2.05, 4.69) is 6.92 Å². The lowest BCUT2D eigenvalue weighted by atomic mass is 10.0. The van der Waals surface area contributed by atoms with Crippen LogP contribution in [0.1, 0.15) is 61.4 Å². The van der Waals surface area contributed by atoms with Gasteiger partial charge >= 0.3 is 0 Å². The molecule has 1 aromatic rings. The molecule has 2 N–H and O–H groups in total. The molecule has 1 saturated heterocycles. The predicted molar refractivity (Wildman–Crippen MR) is 99.7 cm³/mol. The van der Waals surface area contributed by atoms with Crippen LogP contribution in [0, 0.1) is 0 Å². The van der Waals surface area contributed by atoms with E-state index in [4.69, 9.17) is 5.73 Å². The summed E-state index contributed by atoms with van der Waals surface area (Å²) < 4.78 is 0. The third-order valence-electron chi connectivity index (χ3n) is 4.49. The summed E-state index contributed by atoms with van der Waals surface area (Å²) in [4.78, 5) is 26.0. The Balaban J connectivity index is 0.00000288. The number of rotatable bonds is 8. The molecule has 0 unspecified atom stereocenters. The van der Waals surface area contributed by atoms with Gasteiger partial charge in [-0.05, 0) is 24.8 Å². The first-order valence-electron chi connectivity index (χ1n) is 8.75. The minimum Gasteiger partial charge on any atom is -0.341 e. The van der Waals surface area contributed by atoms with Crippen molar-refractivity contribution in [2.75, 3.05) is 13.1 Å². The van der Waals surface area contributed by atoms with E-state index in [-0.39, 0.29) is 43.0 Å². The average Bonchev–Trinajstić information content (AvgIpc) is 3.00. The second kappa shape index (κ2) is 10.5. The number of hydrogen-bond donors (Lipinski definition) is 1. The largest absolute Gasteiger partial charge is 0.341 e. The van der Waals surface area contributed by atoms with E-state index < -0.39 is 0 Å². The fourth-order valence-corrected chi connectivity index (χ4v) is 2.97. The number of benzene rings is 1. The van der Waals surface area contributed by atoms with Crippen molar-refractivity contribution in [2.24, 2.45) is 5.73 Å². The maximum Gasteiger partial charge on any atom is 0.223 e. The Hall–Kier alpha value is -1.39. The van der Waals surface area contributed by atoms with Crippen molar-refractivity contribution in [3.63, 3.8) is 0 Å². The van der Waals surface area contributed by atoms with Crippen molar-refractivity contribution in [1.82, 2.24) is 4.90 Å². The lowest BCUT2D eigenvalue weighted by Crippen LogP contribution is -2.32. The molecule has 1 atom stereocenters. The Kier molecular flexibility index (Phi) is 9.01. The highest BCUT2D eigenvalue weighted by Crippen LogP contribution is 2.13. The van der Waals surface area contributed by atoms with Gasteiger partial charge in [-0.2, -0.15) is 0 Å². The van der Waals surface area contributed by atoms with Gasteiger partial charge in [0, 0.05) is 37.5 Å². The summed E-state index contributed by atoms with van der Waals surface area (Å²) in [5, 5.41) is 0. The van der Waals surface area contributed by atoms with E-state index in [9.17, 15) is 9.59 Å². The van der Waals surface area contributed by atoms with E-state index in [0.29, 0.717) is 12.1 Å². The molecule has 1 aliphatic heterocycles. The number of halogens is 1. The van der Waals surface area contributed by atoms with Crippen LogP contribution in [-0.4, -0.2) is 35.7 Å². The third-order valence-corrected chi connectivity index (χ3v) is 4.49. The van der Waals surface area contributed by atoms with Gasteiger partial charge in [-0.15, -0.1) is 12.4 Å². The van der Waals surface area contributed by atoms with Gasteiger partial charge in [0.2, 0.25) is 5.91 Å². The molecular formula is C19H29ClN2O2. The van der Waals surface area contributed by atoms with Gasteiger partial charge in [0.25, 0.3) is 0 Å². The lowest BCUT2D eigenvalue weighted by molar-refractivity contribution is -0.130. The number of unbranched alkanes of at least 4 members (excludes halogenated alkanes) is 2. The number of nitrogens with two attached hydrogens (primary N) is 1. The van der Waals surface area contributed by atoms with Crippen LogP contribution >= 0.6 is 12.4 Å². The Morgan fingerprint density at radius 1 is 1.17 bits per heavy atom. The van der Waals surface area contributed by atoms with Gasteiger partial charge in [0.15, 0.2) is 5.78 Å².